The van der Waals surface area contributed by atoms with Crippen LogP contribution in [0.2, 0.25) is 0 Å². The Balaban J connectivity index is 2.45. The van der Waals surface area contributed by atoms with E-state index in [0.29, 0.717) is 12.3 Å². The fraction of sp³-hybridized carbons (Fsp3) is 0.308. The second kappa shape index (κ2) is 3.76. The van der Waals surface area contributed by atoms with Crippen LogP contribution in [-0.4, -0.2) is 12.3 Å². The number of benzene rings is 1. The minimum absolute atomic E-state index is 0.0498. The first kappa shape index (κ1) is 10.9. The van der Waals surface area contributed by atoms with E-state index in [2.05, 4.69) is 0 Å². The van der Waals surface area contributed by atoms with Crippen LogP contribution in [0.1, 0.15) is 24.4 Å². The molecule has 0 amide bonds. The molecule has 0 aliphatic heterocycles. The standard InChI is InChI=1S/C13H15NO2/c1-13(2,8-14)12(15)11-7-9-5-3-4-6-10(9)16-11/h3-7H,8,14H2,1-2H3. The molecule has 84 valence electrons. The van der Waals surface area contributed by atoms with Crippen molar-refractivity contribution in [1.82, 2.24) is 0 Å². The van der Waals surface area contributed by atoms with Crippen molar-refractivity contribution in [2.24, 2.45) is 11.1 Å². The number of rotatable bonds is 3. The number of ketones is 1. The smallest absolute Gasteiger partial charge is 0.204 e. The predicted octanol–water partition coefficient (Wildman–Crippen LogP) is 2.60. The van der Waals surface area contributed by atoms with E-state index < -0.39 is 5.41 Å². The van der Waals surface area contributed by atoms with Gasteiger partial charge in [-0.1, -0.05) is 32.0 Å². The lowest BCUT2D eigenvalue weighted by atomic mass is 9.87. The summed E-state index contributed by atoms with van der Waals surface area (Å²) >= 11 is 0. The van der Waals surface area contributed by atoms with Gasteiger partial charge in [0.15, 0.2) is 5.76 Å². The lowest BCUT2D eigenvalue weighted by Crippen LogP contribution is -2.32. The fourth-order valence-corrected chi connectivity index (χ4v) is 1.52. The summed E-state index contributed by atoms with van der Waals surface area (Å²) in [5, 5.41) is 0.943. The van der Waals surface area contributed by atoms with Crippen molar-refractivity contribution in [2.75, 3.05) is 6.54 Å². The molecule has 3 nitrogen and oxygen atoms in total. The normalized spacial score (nSPS) is 11.9. The first-order valence-corrected chi connectivity index (χ1v) is 5.28. The molecule has 0 saturated carbocycles. The molecule has 2 rings (SSSR count). The van der Waals surface area contributed by atoms with Crippen LogP contribution in [0.25, 0.3) is 11.0 Å². The van der Waals surface area contributed by atoms with E-state index in [4.69, 9.17) is 10.2 Å². The third-order valence-corrected chi connectivity index (χ3v) is 2.77. The Morgan fingerprint density at radius 1 is 1.38 bits per heavy atom. The molecular weight excluding hydrogens is 202 g/mol. The van der Waals surface area contributed by atoms with Crippen molar-refractivity contribution in [3.05, 3.63) is 36.1 Å². The van der Waals surface area contributed by atoms with Gasteiger partial charge in [0.1, 0.15) is 5.58 Å². The van der Waals surface area contributed by atoms with E-state index in [1.165, 1.54) is 0 Å². The van der Waals surface area contributed by atoms with Crippen molar-refractivity contribution < 1.29 is 9.21 Å². The van der Waals surface area contributed by atoms with Gasteiger partial charge < -0.3 is 10.2 Å². The Labute approximate surface area is 94.2 Å². The van der Waals surface area contributed by atoms with Gasteiger partial charge in [-0.3, -0.25) is 4.79 Å². The van der Waals surface area contributed by atoms with Gasteiger partial charge in [0.05, 0.1) is 0 Å². The van der Waals surface area contributed by atoms with Crippen LogP contribution in [0.15, 0.2) is 34.7 Å². The molecule has 0 bridgehead atoms. The van der Waals surface area contributed by atoms with E-state index >= 15 is 0 Å². The van der Waals surface area contributed by atoms with Gasteiger partial charge in [-0.15, -0.1) is 0 Å². The highest BCUT2D eigenvalue weighted by Crippen LogP contribution is 2.25. The van der Waals surface area contributed by atoms with Crippen molar-refractivity contribution in [1.29, 1.82) is 0 Å². The minimum Gasteiger partial charge on any atom is -0.453 e. The summed E-state index contributed by atoms with van der Waals surface area (Å²) in [6, 6.07) is 9.34. The largest absolute Gasteiger partial charge is 0.453 e. The topological polar surface area (TPSA) is 56.2 Å². The molecule has 0 aliphatic rings. The molecule has 0 radical (unpaired) electrons. The Bertz CT molecular complexity index is 492. The minimum atomic E-state index is -0.576. The maximum atomic E-state index is 12.1. The average molecular weight is 217 g/mol. The molecule has 0 spiro atoms. The van der Waals surface area contributed by atoms with Crippen molar-refractivity contribution >= 4 is 16.8 Å². The lowest BCUT2D eigenvalue weighted by molar-refractivity contribution is 0.0820. The van der Waals surface area contributed by atoms with Crippen LogP contribution < -0.4 is 5.73 Å². The van der Waals surface area contributed by atoms with E-state index in [1.54, 1.807) is 6.07 Å². The molecule has 1 aromatic heterocycles. The first-order valence-electron chi connectivity index (χ1n) is 5.28. The van der Waals surface area contributed by atoms with Gasteiger partial charge >= 0.3 is 0 Å². The fourth-order valence-electron chi connectivity index (χ4n) is 1.52. The monoisotopic (exact) mass is 217 g/mol. The number of nitrogens with two attached hydrogens (primary N) is 1. The quantitative estimate of drug-likeness (QED) is 0.804. The van der Waals surface area contributed by atoms with Crippen LogP contribution in [0.4, 0.5) is 0 Å². The van der Waals surface area contributed by atoms with E-state index in [-0.39, 0.29) is 5.78 Å². The number of carbonyl (C=O) groups excluding carboxylic acids is 1. The second-order valence-corrected chi connectivity index (χ2v) is 4.57. The number of fused-ring (bicyclic) bond motifs is 1. The molecule has 1 heterocycles. The summed E-state index contributed by atoms with van der Waals surface area (Å²) in [5.41, 5.74) is 5.74. The third-order valence-electron chi connectivity index (χ3n) is 2.77. The number of hydrogen-bond donors (Lipinski definition) is 1. The summed E-state index contributed by atoms with van der Waals surface area (Å²) in [4.78, 5) is 12.1. The Kier molecular flexibility index (Phi) is 2.56. The molecule has 3 heteroatoms. The Morgan fingerprint density at radius 3 is 2.69 bits per heavy atom. The highest BCUT2D eigenvalue weighted by molar-refractivity contribution is 6.01. The molecule has 0 fully saturated rings. The summed E-state index contributed by atoms with van der Waals surface area (Å²) in [6.45, 7) is 3.95. The van der Waals surface area contributed by atoms with E-state index in [9.17, 15) is 4.79 Å². The zero-order valence-corrected chi connectivity index (χ0v) is 9.49. The van der Waals surface area contributed by atoms with Gasteiger partial charge in [-0.25, -0.2) is 0 Å². The summed E-state index contributed by atoms with van der Waals surface area (Å²) in [7, 11) is 0. The van der Waals surface area contributed by atoms with Gasteiger partial charge in [0.2, 0.25) is 5.78 Å². The van der Waals surface area contributed by atoms with Crippen LogP contribution in [0.5, 0.6) is 0 Å². The zero-order valence-electron chi connectivity index (χ0n) is 9.49. The van der Waals surface area contributed by atoms with Crippen molar-refractivity contribution in [2.45, 2.75) is 13.8 Å². The second-order valence-electron chi connectivity index (χ2n) is 4.57. The first-order chi connectivity index (χ1) is 7.54. The van der Waals surface area contributed by atoms with Crippen LogP contribution in [-0.2, 0) is 0 Å². The maximum absolute atomic E-state index is 12.1. The highest BCUT2D eigenvalue weighted by atomic mass is 16.3. The third kappa shape index (κ3) is 1.74. The molecule has 1 aromatic carbocycles. The molecule has 2 N–H and O–H groups in total. The van der Waals surface area contributed by atoms with Gasteiger partial charge in [0.25, 0.3) is 0 Å². The predicted molar refractivity (Wildman–Crippen MR) is 63.4 cm³/mol. The van der Waals surface area contributed by atoms with E-state index in [0.717, 1.165) is 11.0 Å². The maximum Gasteiger partial charge on any atom is 0.204 e. The Morgan fingerprint density at radius 2 is 2.06 bits per heavy atom. The number of carbonyl (C=O) groups is 1. The molecular formula is C13H15NO2. The van der Waals surface area contributed by atoms with Crippen LogP contribution in [0.3, 0.4) is 0 Å². The highest BCUT2D eigenvalue weighted by Gasteiger charge is 2.29. The van der Waals surface area contributed by atoms with Gasteiger partial charge in [-0.2, -0.15) is 0 Å². The molecule has 0 unspecified atom stereocenters. The van der Waals surface area contributed by atoms with Crippen molar-refractivity contribution in [3.63, 3.8) is 0 Å². The Hall–Kier alpha value is -1.61. The number of Topliss-reactive ketones (excluding diaryl/α,β-unsaturated/α-hetero) is 1. The summed E-state index contributed by atoms with van der Waals surface area (Å²) in [6.07, 6.45) is 0. The SMILES string of the molecule is CC(C)(CN)C(=O)c1cc2ccccc2o1. The van der Waals surface area contributed by atoms with Gasteiger partial charge in [-0.05, 0) is 12.1 Å². The molecule has 2 aromatic rings. The average Bonchev–Trinajstić information content (AvgIpc) is 2.71. The molecule has 0 aliphatic carbocycles. The van der Waals surface area contributed by atoms with Crippen LogP contribution in [0, 0.1) is 5.41 Å². The summed E-state index contributed by atoms with van der Waals surface area (Å²) < 4.78 is 5.51. The number of furan rings is 1. The molecule has 0 atom stereocenters. The van der Waals surface area contributed by atoms with Crippen molar-refractivity contribution in [3.8, 4) is 0 Å². The van der Waals surface area contributed by atoms with E-state index in [1.807, 2.05) is 38.1 Å². The molecule has 16 heavy (non-hydrogen) atoms. The number of para-hydroxylation sites is 1. The van der Waals surface area contributed by atoms with Crippen LogP contribution >= 0.6 is 0 Å². The molecule has 0 saturated heterocycles. The number of hydrogen-bond acceptors (Lipinski definition) is 3. The lowest BCUT2D eigenvalue weighted by Gasteiger charge is -2.18. The van der Waals surface area contributed by atoms with Gasteiger partial charge in [0, 0.05) is 17.3 Å². The summed E-state index contributed by atoms with van der Waals surface area (Å²) in [5.74, 6) is 0.336. The zero-order chi connectivity index (χ0) is 11.8.